The van der Waals surface area contributed by atoms with E-state index in [0.717, 1.165) is 18.4 Å². The van der Waals surface area contributed by atoms with E-state index in [2.05, 4.69) is 11.4 Å². The van der Waals surface area contributed by atoms with Gasteiger partial charge in [0.05, 0.1) is 6.07 Å². The van der Waals surface area contributed by atoms with Gasteiger partial charge in [-0.1, -0.05) is 43.1 Å². The number of carbonyl (C=O) groups is 1. The smallest absolute Gasteiger partial charge is 0.224 e. The average Bonchev–Trinajstić information content (AvgIpc) is 3.19. The molecule has 1 aliphatic rings. The third-order valence-electron chi connectivity index (χ3n) is 3.48. The SMILES string of the molecule is CCC[C@H](C#N)NC(=O)[C@H]1C[C@H]1c1ccccc1Cl. The van der Waals surface area contributed by atoms with Gasteiger partial charge >= 0.3 is 0 Å². The summed E-state index contributed by atoms with van der Waals surface area (Å²) in [4.78, 5) is 12.0. The molecule has 0 aromatic heterocycles. The van der Waals surface area contributed by atoms with Crippen molar-refractivity contribution in [2.24, 2.45) is 5.92 Å². The lowest BCUT2D eigenvalue weighted by molar-refractivity contribution is -0.122. The molecular weight excluding hydrogens is 260 g/mol. The quantitative estimate of drug-likeness (QED) is 0.897. The van der Waals surface area contributed by atoms with Crippen LogP contribution in [0.3, 0.4) is 0 Å². The highest BCUT2D eigenvalue weighted by molar-refractivity contribution is 6.31. The summed E-state index contributed by atoms with van der Waals surface area (Å²) in [7, 11) is 0. The Morgan fingerprint density at radius 1 is 1.58 bits per heavy atom. The Balaban J connectivity index is 1.94. The summed E-state index contributed by atoms with van der Waals surface area (Å²) in [5.41, 5.74) is 1.04. The summed E-state index contributed by atoms with van der Waals surface area (Å²) in [5, 5.41) is 12.5. The second-order valence-corrected chi connectivity index (χ2v) is 5.36. The topological polar surface area (TPSA) is 52.9 Å². The first-order valence-electron chi connectivity index (χ1n) is 6.61. The zero-order valence-electron chi connectivity index (χ0n) is 10.9. The molecule has 0 bridgehead atoms. The molecule has 2 rings (SSSR count). The molecule has 1 aliphatic carbocycles. The van der Waals surface area contributed by atoms with Crippen LogP contribution in [-0.4, -0.2) is 11.9 Å². The molecule has 1 N–H and O–H groups in total. The van der Waals surface area contributed by atoms with Crippen LogP contribution in [0, 0.1) is 17.2 Å². The molecular formula is C15H17ClN2O. The Labute approximate surface area is 118 Å². The molecule has 3 atom stereocenters. The molecule has 4 heteroatoms. The maximum absolute atomic E-state index is 12.0. The van der Waals surface area contributed by atoms with Crippen molar-refractivity contribution in [3.05, 3.63) is 34.9 Å². The molecule has 19 heavy (non-hydrogen) atoms. The molecule has 0 heterocycles. The molecule has 3 nitrogen and oxygen atoms in total. The van der Waals surface area contributed by atoms with E-state index in [1.54, 1.807) is 0 Å². The van der Waals surface area contributed by atoms with Gasteiger partial charge in [-0.15, -0.1) is 0 Å². The zero-order chi connectivity index (χ0) is 13.8. The number of hydrogen-bond acceptors (Lipinski definition) is 2. The molecule has 100 valence electrons. The predicted octanol–water partition coefficient (Wildman–Crippen LogP) is 3.25. The minimum absolute atomic E-state index is 0.0232. The van der Waals surface area contributed by atoms with Gasteiger partial charge in [-0.2, -0.15) is 5.26 Å². The number of benzene rings is 1. The maximum Gasteiger partial charge on any atom is 0.224 e. The van der Waals surface area contributed by atoms with Crippen LogP contribution in [0.25, 0.3) is 0 Å². The van der Waals surface area contributed by atoms with Crippen LogP contribution in [-0.2, 0) is 4.79 Å². The largest absolute Gasteiger partial charge is 0.340 e. The van der Waals surface area contributed by atoms with Crippen LogP contribution in [0.2, 0.25) is 5.02 Å². The van der Waals surface area contributed by atoms with E-state index in [1.165, 1.54) is 0 Å². The zero-order valence-corrected chi connectivity index (χ0v) is 11.7. The highest BCUT2D eigenvalue weighted by atomic mass is 35.5. The van der Waals surface area contributed by atoms with Crippen molar-refractivity contribution in [2.45, 2.75) is 38.1 Å². The second-order valence-electron chi connectivity index (χ2n) is 4.95. The minimum Gasteiger partial charge on any atom is -0.340 e. The molecule has 0 spiro atoms. The predicted molar refractivity (Wildman–Crippen MR) is 74.8 cm³/mol. The fraction of sp³-hybridized carbons (Fsp3) is 0.467. The highest BCUT2D eigenvalue weighted by Crippen LogP contribution is 2.49. The van der Waals surface area contributed by atoms with E-state index < -0.39 is 0 Å². The van der Waals surface area contributed by atoms with Crippen molar-refractivity contribution < 1.29 is 4.79 Å². The van der Waals surface area contributed by atoms with Crippen LogP contribution in [0.1, 0.15) is 37.7 Å². The lowest BCUT2D eigenvalue weighted by Crippen LogP contribution is -2.35. The van der Waals surface area contributed by atoms with Gasteiger partial charge in [0.1, 0.15) is 6.04 Å². The van der Waals surface area contributed by atoms with Gasteiger partial charge in [0, 0.05) is 10.9 Å². The van der Waals surface area contributed by atoms with Crippen LogP contribution in [0.5, 0.6) is 0 Å². The van der Waals surface area contributed by atoms with Crippen LogP contribution < -0.4 is 5.32 Å². The van der Waals surface area contributed by atoms with E-state index in [-0.39, 0.29) is 23.8 Å². The Bertz CT molecular complexity index is 509. The molecule has 1 amide bonds. The summed E-state index contributed by atoms with van der Waals surface area (Å²) >= 11 is 6.13. The standard InChI is InChI=1S/C15H17ClN2O/c1-2-5-10(9-17)18-15(19)13-8-12(13)11-6-3-4-7-14(11)16/h3-4,6-7,10,12-13H,2,5,8H2,1H3,(H,18,19)/t10-,12+,13+/m1/s1. The first kappa shape index (κ1) is 13.9. The second kappa shape index (κ2) is 6.08. The Morgan fingerprint density at radius 2 is 2.32 bits per heavy atom. The monoisotopic (exact) mass is 276 g/mol. The molecule has 0 unspecified atom stereocenters. The van der Waals surface area contributed by atoms with Crippen LogP contribution >= 0.6 is 11.6 Å². The summed E-state index contributed by atoms with van der Waals surface area (Å²) in [5.74, 6) is 0.146. The van der Waals surface area contributed by atoms with E-state index >= 15 is 0 Å². The molecule has 1 fully saturated rings. The van der Waals surface area contributed by atoms with Gasteiger partial charge < -0.3 is 5.32 Å². The lowest BCUT2D eigenvalue weighted by Gasteiger charge is -2.10. The number of nitrogens with one attached hydrogen (secondary N) is 1. The van der Waals surface area contributed by atoms with Crippen molar-refractivity contribution in [1.29, 1.82) is 5.26 Å². The van der Waals surface area contributed by atoms with Crippen molar-refractivity contribution >= 4 is 17.5 Å². The fourth-order valence-corrected chi connectivity index (χ4v) is 2.62. The van der Waals surface area contributed by atoms with Crippen molar-refractivity contribution in [3.8, 4) is 6.07 Å². The van der Waals surface area contributed by atoms with Crippen LogP contribution in [0.4, 0.5) is 0 Å². The van der Waals surface area contributed by atoms with E-state index in [1.807, 2.05) is 31.2 Å². The highest BCUT2D eigenvalue weighted by Gasteiger charge is 2.45. The number of amides is 1. The molecule has 1 aromatic carbocycles. The number of nitrogens with zero attached hydrogens (tertiary/aromatic N) is 1. The number of halogens is 1. The Morgan fingerprint density at radius 3 is 2.95 bits per heavy atom. The van der Waals surface area contributed by atoms with E-state index in [4.69, 9.17) is 16.9 Å². The van der Waals surface area contributed by atoms with E-state index in [0.29, 0.717) is 11.4 Å². The summed E-state index contributed by atoms with van der Waals surface area (Å²) in [6.07, 6.45) is 2.41. The van der Waals surface area contributed by atoms with Gasteiger partial charge in [0.2, 0.25) is 5.91 Å². The molecule has 1 aromatic rings. The summed E-state index contributed by atoms with van der Waals surface area (Å²) in [6.45, 7) is 2.00. The maximum atomic E-state index is 12.0. The Hall–Kier alpha value is -1.53. The third-order valence-corrected chi connectivity index (χ3v) is 3.83. The van der Waals surface area contributed by atoms with Gasteiger partial charge in [-0.25, -0.2) is 0 Å². The lowest BCUT2D eigenvalue weighted by atomic mass is 10.1. The molecule has 0 saturated heterocycles. The first-order valence-corrected chi connectivity index (χ1v) is 6.99. The van der Waals surface area contributed by atoms with Gasteiger partial charge in [0.15, 0.2) is 0 Å². The first-order chi connectivity index (χ1) is 9.17. The Kier molecular flexibility index (Phi) is 4.44. The summed E-state index contributed by atoms with van der Waals surface area (Å²) in [6, 6.07) is 9.39. The van der Waals surface area contributed by atoms with Gasteiger partial charge in [-0.05, 0) is 30.4 Å². The minimum atomic E-state index is -0.370. The fourth-order valence-electron chi connectivity index (χ4n) is 2.34. The molecule has 1 saturated carbocycles. The molecule has 0 radical (unpaired) electrons. The molecule has 0 aliphatic heterocycles. The van der Waals surface area contributed by atoms with Gasteiger partial charge in [0.25, 0.3) is 0 Å². The third kappa shape index (κ3) is 3.27. The van der Waals surface area contributed by atoms with Gasteiger partial charge in [-0.3, -0.25) is 4.79 Å². The number of hydrogen-bond donors (Lipinski definition) is 1. The van der Waals surface area contributed by atoms with Crippen molar-refractivity contribution in [2.75, 3.05) is 0 Å². The number of nitriles is 1. The normalized spacial score (nSPS) is 22.4. The number of rotatable bonds is 5. The number of carbonyl (C=O) groups excluding carboxylic acids is 1. The van der Waals surface area contributed by atoms with Crippen molar-refractivity contribution in [1.82, 2.24) is 5.32 Å². The van der Waals surface area contributed by atoms with E-state index in [9.17, 15) is 4.79 Å². The van der Waals surface area contributed by atoms with Crippen molar-refractivity contribution in [3.63, 3.8) is 0 Å². The average molecular weight is 277 g/mol. The summed E-state index contributed by atoms with van der Waals surface area (Å²) < 4.78 is 0. The van der Waals surface area contributed by atoms with Crippen LogP contribution in [0.15, 0.2) is 24.3 Å².